The molecule has 0 saturated heterocycles. The number of carbonyl (C=O) groups excluding carboxylic acids is 2. The predicted octanol–water partition coefficient (Wildman–Crippen LogP) is 3.76. The Morgan fingerprint density at radius 3 is 2.67 bits per heavy atom. The summed E-state index contributed by atoms with van der Waals surface area (Å²) >= 11 is 7.61. The van der Waals surface area contributed by atoms with E-state index in [4.69, 9.17) is 16.3 Å². The van der Waals surface area contributed by atoms with E-state index in [0.29, 0.717) is 22.3 Å². The summed E-state index contributed by atoms with van der Waals surface area (Å²) in [5, 5.41) is 8.45. The number of halogens is 1. The van der Waals surface area contributed by atoms with Gasteiger partial charge in [0.15, 0.2) is 5.01 Å². The Kier molecular flexibility index (Phi) is 7.62. The highest BCUT2D eigenvalue weighted by Crippen LogP contribution is 2.27. The summed E-state index contributed by atoms with van der Waals surface area (Å²) in [5.41, 5.74) is 2.56. The van der Waals surface area contributed by atoms with Crippen LogP contribution in [-0.2, 0) is 24.8 Å². The van der Waals surface area contributed by atoms with E-state index in [1.54, 1.807) is 7.11 Å². The number of rotatable bonds is 7. The van der Waals surface area contributed by atoms with Crippen molar-refractivity contribution in [2.24, 2.45) is 7.05 Å². The monoisotopic (exact) mass is 529 g/mol. The van der Waals surface area contributed by atoms with Crippen LogP contribution in [0.1, 0.15) is 56.5 Å². The Bertz CT molecular complexity index is 1270. The number of methoxy groups -OCH3 is 1. The molecule has 0 unspecified atom stereocenters. The van der Waals surface area contributed by atoms with E-state index in [1.165, 1.54) is 11.3 Å². The lowest BCUT2D eigenvalue weighted by Crippen LogP contribution is -2.53. The van der Waals surface area contributed by atoms with Gasteiger partial charge in [0.05, 0.1) is 12.3 Å². The van der Waals surface area contributed by atoms with Crippen LogP contribution in [0.25, 0.3) is 10.9 Å². The van der Waals surface area contributed by atoms with Gasteiger partial charge < -0.3 is 19.9 Å². The zero-order valence-electron chi connectivity index (χ0n) is 20.7. The summed E-state index contributed by atoms with van der Waals surface area (Å²) in [6.07, 6.45) is 4.55. The molecular weight excluding hydrogens is 498 g/mol. The van der Waals surface area contributed by atoms with Gasteiger partial charge in [-0.2, -0.15) is 0 Å². The summed E-state index contributed by atoms with van der Waals surface area (Å²) < 4.78 is 7.08. The van der Waals surface area contributed by atoms with Crippen LogP contribution in [0, 0.1) is 0 Å². The first-order valence-corrected chi connectivity index (χ1v) is 13.7. The molecule has 0 bridgehead atoms. The lowest BCUT2D eigenvalue weighted by molar-refractivity contribution is 0.0858. The SMILES string of the molecule is COCCN1CCc2nc(C(=O)N[C@@H]3CCCC[C@@H]3NC(=O)c3cc4cc(Cl)ccc4n3C)sc2C1. The molecule has 2 aliphatic rings. The Morgan fingerprint density at radius 1 is 1.17 bits per heavy atom. The molecule has 10 heteroatoms. The molecule has 0 radical (unpaired) electrons. The summed E-state index contributed by atoms with van der Waals surface area (Å²) in [4.78, 5) is 34.5. The molecule has 5 rings (SSSR count). The first kappa shape index (κ1) is 25.2. The van der Waals surface area contributed by atoms with Crippen molar-refractivity contribution >= 4 is 45.7 Å². The first-order chi connectivity index (χ1) is 17.4. The van der Waals surface area contributed by atoms with Crippen LogP contribution in [0.3, 0.4) is 0 Å². The van der Waals surface area contributed by atoms with E-state index in [-0.39, 0.29) is 23.9 Å². The van der Waals surface area contributed by atoms with Gasteiger partial charge in [-0.15, -0.1) is 11.3 Å². The molecule has 3 heterocycles. The summed E-state index contributed by atoms with van der Waals surface area (Å²) in [5.74, 6) is -0.292. The van der Waals surface area contributed by atoms with Gasteiger partial charge in [-0.3, -0.25) is 14.5 Å². The zero-order valence-corrected chi connectivity index (χ0v) is 22.3. The van der Waals surface area contributed by atoms with Crippen LogP contribution in [0.4, 0.5) is 0 Å². The lowest BCUT2D eigenvalue weighted by Gasteiger charge is -2.32. The van der Waals surface area contributed by atoms with Crippen LogP contribution >= 0.6 is 22.9 Å². The fraction of sp³-hybridized carbons (Fsp3) is 0.500. The summed E-state index contributed by atoms with van der Waals surface area (Å²) in [6, 6.07) is 7.22. The van der Waals surface area contributed by atoms with Crippen LogP contribution in [0.2, 0.25) is 5.02 Å². The van der Waals surface area contributed by atoms with Crippen LogP contribution in [-0.4, -0.2) is 65.2 Å². The highest BCUT2D eigenvalue weighted by molar-refractivity contribution is 7.13. The van der Waals surface area contributed by atoms with Gasteiger partial charge in [0, 0.05) is 73.1 Å². The quantitative estimate of drug-likeness (QED) is 0.486. The third-order valence-electron chi connectivity index (χ3n) is 7.25. The molecule has 2 aromatic heterocycles. The van der Waals surface area contributed by atoms with Crippen molar-refractivity contribution in [1.82, 2.24) is 25.1 Å². The van der Waals surface area contributed by atoms with E-state index in [2.05, 4.69) is 20.5 Å². The fourth-order valence-corrected chi connectivity index (χ4v) is 6.48. The Labute approximate surface area is 220 Å². The number of thiazole rings is 1. The molecule has 1 aliphatic carbocycles. The van der Waals surface area contributed by atoms with Crippen molar-refractivity contribution in [3.8, 4) is 0 Å². The topological polar surface area (TPSA) is 88.5 Å². The highest BCUT2D eigenvalue weighted by Gasteiger charge is 2.31. The van der Waals surface area contributed by atoms with Crippen molar-refractivity contribution in [3.63, 3.8) is 0 Å². The molecule has 2 N–H and O–H groups in total. The fourth-order valence-electron chi connectivity index (χ4n) is 5.24. The van der Waals surface area contributed by atoms with Crippen LogP contribution in [0.5, 0.6) is 0 Å². The number of aromatic nitrogens is 2. The number of carbonyl (C=O) groups is 2. The second kappa shape index (κ2) is 10.9. The molecule has 2 amide bonds. The molecule has 8 nitrogen and oxygen atoms in total. The van der Waals surface area contributed by atoms with Gasteiger partial charge in [0.25, 0.3) is 11.8 Å². The minimum absolute atomic E-state index is 0.126. The zero-order chi connectivity index (χ0) is 25.2. The summed E-state index contributed by atoms with van der Waals surface area (Å²) in [6.45, 7) is 3.31. The van der Waals surface area contributed by atoms with E-state index in [1.807, 2.05) is 35.9 Å². The number of amides is 2. The van der Waals surface area contributed by atoms with Crippen molar-refractivity contribution < 1.29 is 14.3 Å². The molecule has 2 atom stereocenters. The average Bonchev–Trinajstić information content (AvgIpc) is 3.44. The smallest absolute Gasteiger partial charge is 0.280 e. The van der Waals surface area contributed by atoms with Crippen LogP contribution < -0.4 is 10.6 Å². The van der Waals surface area contributed by atoms with E-state index >= 15 is 0 Å². The van der Waals surface area contributed by atoms with Gasteiger partial charge in [0.2, 0.25) is 0 Å². The summed E-state index contributed by atoms with van der Waals surface area (Å²) in [7, 11) is 3.59. The van der Waals surface area contributed by atoms with Gasteiger partial charge >= 0.3 is 0 Å². The van der Waals surface area contributed by atoms with Crippen molar-refractivity contribution in [2.75, 3.05) is 26.8 Å². The van der Waals surface area contributed by atoms with Crippen molar-refractivity contribution in [3.05, 3.63) is 50.6 Å². The number of nitrogens with one attached hydrogen (secondary N) is 2. The minimum atomic E-state index is -0.150. The second-order valence-electron chi connectivity index (χ2n) is 9.64. The van der Waals surface area contributed by atoms with E-state index in [9.17, 15) is 9.59 Å². The Hall–Kier alpha value is -2.46. The maximum Gasteiger partial charge on any atom is 0.280 e. The Balaban J connectivity index is 1.25. The molecule has 36 heavy (non-hydrogen) atoms. The Morgan fingerprint density at radius 2 is 1.92 bits per heavy atom. The number of fused-ring (bicyclic) bond motifs is 2. The van der Waals surface area contributed by atoms with Crippen molar-refractivity contribution in [1.29, 1.82) is 0 Å². The molecule has 1 saturated carbocycles. The maximum atomic E-state index is 13.2. The number of benzene rings is 1. The minimum Gasteiger partial charge on any atom is -0.383 e. The number of ether oxygens (including phenoxy) is 1. The maximum absolute atomic E-state index is 13.2. The van der Waals surface area contributed by atoms with Gasteiger partial charge in [-0.25, -0.2) is 4.98 Å². The standard InChI is InChI=1S/C26H32ClN5O3S/c1-31-21-8-7-17(27)13-16(21)14-22(31)24(33)28-18-5-3-4-6-19(18)29-25(34)26-30-20-9-10-32(11-12-35-2)15-23(20)36-26/h7-8,13-14,18-19H,3-6,9-12,15H2,1-2H3,(H,28,33)(H,29,34)/t18-,19+/m0/s1. The number of nitrogens with zero attached hydrogens (tertiary/aromatic N) is 3. The number of aryl methyl sites for hydroxylation is 1. The molecule has 1 fully saturated rings. The normalized spacial score (nSPS) is 20.3. The van der Waals surface area contributed by atoms with Gasteiger partial charge in [-0.05, 0) is 37.1 Å². The third-order valence-corrected chi connectivity index (χ3v) is 8.57. The molecule has 0 spiro atoms. The predicted molar refractivity (Wildman–Crippen MR) is 142 cm³/mol. The van der Waals surface area contributed by atoms with E-state index < -0.39 is 0 Å². The van der Waals surface area contributed by atoms with Crippen molar-refractivity contribution in [2.45, 2.75) is 50.7 Å². The van der Waals surface area contributed by atoms with Gasteiger partial charge in [-0.1, -0.05) is 24.4 Å². The van der Waals surface area contributed by atoms with Crippen LogP contribution in [0.15, 0.2) is 24.3 Å². The highest BCUT2D eigenvalue weighted by atomic mass is 35.5. The second-order valence-corrected chi connectivity index (χ2v) is 11.2. The molecule has 192 valence electrons. The molecule has 1 aliphatic heterocycles. The molecular formula is C26H32ClN5O3S. The molecule has 3 aromatic rings. The average molecular weight is 530 g/mol. The third kappa shape index (κ3) is 5.29. The number of hydrogen-bond acceptors (Lipinski definition) is 6. The number of hydrogen-bond donors (Lipinski definition) is 2. The molecule has 1 aromatic carbocycles. The van der Waals surface area contributed by atoms with E-state index in [0.717, 1.165) is 73.2 Å². The lowest BCUT2D eigenvalue weighted by atomic mass is 9.90. The first-order valence-electron chi connectivity index (χ1n) is 12.5. The largest absolute Gasteiger partial charge is 0.383 e. The van der Waals surface area contributed by atoms with Gasteiger partial charge in [0.1, 0.15) is 5.69 Å².